The van der Waals surface area contributed by atoms with Crippen LogP contribution < -0.4 is 25.2 Å². The van der Waals surface area contributed by atoms with E-state index in [1.165, 1.54) is 12.6 Å². The van der Waals surface area contributed by atoms with Gasteiger partial charge in [0.2, 0.25) is 5.91 Å². The van der Waals surface area contributed by atoms with Gasteiger partial charge in [-0.25, -0.2) is 0 Å². The summed E-state index contributed by atoms with van der Waals surface area (Å²) in [4.78, 5) is 21.1. The highest BCUT2D eigenvalue weighted by Gasteiger charge is 2.42. The van der Waals surface area contributed by atoms with E-state index in [4.69, 9.17) is 21.9 Å². The number of ether oxygens (including phenoxy) is 1. The summed E-state index contributed by atoms with van der Waals surface area (Å²) in [6.07, 6.45) is 1.81. The molecule has 0 radical (unpaired) electrons. The Hall–Kier alpha value is -4.37. The number of pyridine rings is 1. The molecule has 1 aliphatic rings. The summed E-state index contributed by atoms with van der Waals surface area (Å²) in [6, 6.07) is 22.3. The molecule has 2 N–H and O–H groups in total. The van der Waals surface area contributed by atoms with Gasteiger partial charge in [-0.05, 0) is 106 Å². The lowest BCUT2D eigenvalue weighted by molar-refractivity contribution is -0.114. The zero-order valence-corrected chi connectivity index (χ0v) is 25.8. The van der Waals surface area contributed by atoms with E-state index in [0.29, 0.717) is 16.5 Å². The molecule has 8 nitrogen and oxygen atoms in total. The Morgan fingerprint density at radius 3 is 2.38 bits per heavy atom. The Bertz CT molecular complexity index is 1580. The second-order valence-corrected chi connectivity index (χ2v) is 10.8. The predicted octanol–water partition coefficient (Wildman–Crippen LogP) is 6.48. The number of nitrogens with one attached hydrogen (secondary N) is 2. The highest BCUT2D eigenvalue weighted by Crippen LogP contribution is 2.45. The summed E-state index contributed by atoms with van der Waals surface area (Å²) in [6.45, 7) is 12.1. The van der Waals surface area contributed by atoms with Crippen LogP contribution in [0.15, 0.2) is 72.9 Å². The molecular weight excluding hydrogens is 544 g/mol. The van der Waals surface area contributed by atoms with E-state index in [1.807, 2.05) is 42.6 Å². The zero-order valence-electron chi connectivity index (χ0n) is 25.0. The van der Waals surface area contributed by atoms with Gasteiger partial charge in [0.25, 0.3) is 0 Å². The minimum absolute atomic E-state index is 0.175. The van der Waals surface area contributed by atoms with Crippen molar-refractivity contribution >= 4 is 40.3 Å². The minimum atomic E-state index is -0.194. The summed E-state index contributed by atoms with van der Waals surface area (Å²) in [5.41, 5.74) is 8.05. The fourth-order valence-corrected chi connectivity index (χ4v) is 6.31. The van der Waals surface area contributed by atoms with Crippen LogP contribution in [0.2, 0.25) is 0 Å². The molecule has 42 heavy (non-hydrogen) atoms. The SMILES string of the molecule is CCN(CC)c1ccc(-n2c(C)cc([C@@H]3[C@H](c4ccccn4)NC(=S)N3c3ccc(OC)c(NC(C)=O)c3)c2C)cc1. The predicted molar refractivity (Wildman–Crippen MR) is 174 cm³/mol. The molecule has 0 bridgehead atoms. The maximum Gasteiger partial charge on any atom is 0.221 e. The lowest BCUT2D eigenvalue weighted by Gasteiger charge is -2.29. The minimum Gasteiger partial charge on any atom is -0.495 e. The zero-order chi connectivity index (χ0) is 30.0. The smallest absolute Gasteiger partial charge is 0.221 e. The van der Waals surface area contributed by atoms with Crippen LogP contribution in [0.1, 0.15) is 55.5 Å². The van der Waals surface area contributed by atoms with Gasteiger partial charge in [0.05, 0.1) is 30.6 Å². The first kappa shape index (κ1) is 29.1. The van der Waals surface area contributed by atoms with Crippen LogP contribution in [0.3, 0.4) is 0 Å². The molecule has 1 fully saturated rings. The molecule has 0 spiro atoms. The molecule has 0 aliphatic carbocycles. The topological polar surface area (TPSA) is 74.7 Å². The number of amides is 1. The number of carbonyl (C=O) groups excluding carboxylic acids is 1. The van der Waals surface area contributed by atoms with Crippen LogP contribution in [-0.4, -0.2) is 40.8 Å². The lowest BCUT2D eigenvalue weighted by atomic mass is 9.96. The molecular formula is C33H38N6O2S. The molecule has 3 heterocycles. The van der Waals surface area contributed by atoms with Gasteiger partial charge in [-0.3, -0.25) is 9.78 Å². The quantitative estimate of drug-likeness (QED) is 0.219. The van der Waals surface area contributed by atoms with Crippen molar-refractivity contribution in [3.8, 4) is 11.4 Å². The first-order chi connectivity index (χ1) is 20.3. The fraction of sp³-hybridized carbons (Fsp3) is 0.303. The molecule has 218 valence electrons. The van der Waals surface area contributed by atoms with Crippen molar-refractivity contribution in [3.63, 3.8) is 0 Å². The van der Waals surface area contributed by atoms with Gasteiger partial charge in [0.1, 0.15) is 5.75 Å². The van der Waals surface area contributed by atoms with E-state index in [1.54, 1.807) is 7.11 Å². The van der Waals surface area contributed by atoms with E-state index in [-0.39, 0.29) is 18.0 Å². The third-order valence-corrected chi connectivity index (χ3v) is 8.21. The third-order valence-electron chi connectivity index (χ3n) is 7.90. The number of hydrogen-bond acceptors (Lipinski definition) is 5. The van der Waals surface area contributed by atoms with Crippen molar-refractivity contribution in [3.05, 3.63) is 95.6 Å². The number of anilines is 3. The molecule has 1 aliphatic heterocycles. The van der Waals surface area contributed by atoms with Crippen molar-refractivity contribution in [2.75, 3.05) is 35.3 Å². The van der Waals surface area contributed by atoms with Gasteiger partial charge in [0, 0.05) is 54.7 Å². The normalized spacial score (nSPS) is 16.3. The summed E-state index contributed by atoms with van der Waals surface area (Å²) in [5.74, 6) is 0.405. The van der Waals surface area contributed by atoms with Gasteiger partial charge in [-0.1, -0.05) is 6.07 Å². The second kappa shape index (κ2) is 12.2. The van der Waals surface area contributed by atoms with Crippen molar-refractivity contribution in [1.82, 2.24) is 14.9 Å². The molecule has 2 aromatic heterocycles. The van der Waals surface area contributed by atoms with Crippen LogP contribution >= 0.6 is 12.2 Å². The van der Waals surface area contributed by atoms with Crippen LogP contribution in [0.5, 0.6) is 5.75 Å². The average Bonchev–Trinajstić information content (AvgIpc) is 3.48. The monoisotopic (exact) mass is 582 g/mol. The Balaban J connectivity index is 1.63. The number of hydrogen-bond donors (Lipinski definition) is 2. The molecule has 1 amide bonds. The Kier molecular flexibility index (Phi) is 8.49. The fourth-order valence-electron chi connectivity index (χ4n) is 5.97. The van der Waals surface area contributed by atoms with E-state index in [2.05, 4.69) is 83.0 Å². The molecule has 2 atom stereocenters. The van der Waals surface area contributed by atoms with Gasteiger partial charge in [-0.15, -0.1) is 0 Å². The lowest BCUT2D eigenvalue weighted by Crippen LogP contribution is -2.29. The Morgan fingerprint density at radius 2 is 1.76 bits per heavy atom. The number of rotatable bonds is 9. The summed E-state index contributed by atoms with van der Waals surface area (Å²) >= 11 is 5.96. The number of carbonyl (C=O) groups is 1. The molecule has 4 aromatic rings. The van der Waals surface area contributed by atoms with Gasteiger partial charge in [-0.2, -0.15) is 0 Å². The van der Waals surface area contributed by atoms with Gasteiger partial charge >= 0.3 is 0 Å². The van der Waals surface area contributed by atoms with Crippen molar-refractivity contribution in [2.24, 2.45) is 0 Å². The first-order valence-corrected chi connectivity index (χ1v) is 14.7. The second-order valence-electron chi connectivity index (χ2n) is 10.4. The summed E-state index contributed by atoms with van der Waals surface area (Å²) < 4.78 is 7.82. The molecule has 5 rings (SSSR count). The average molecular weight is 583 g/mol. The number of benzene rings is 2. The standard InChI is InChI=1S/C33H38N6O2S/c1-7-37(8-2)24-12-14-25(15-13-24)38-21(3)19-27(22(38)4)32-31(28-11-9-10-18-34-28)36-33(42)39(32)26-16-17-30(41-6)29(20-26)35-23(5)40/h9-20,31-32H,7-8H2,1-6H3,(H,35,40)(H,36,42)/t31-,32+/m0/s1. The maximum atomic E-state index is 12.0. The van der Waals surface area contributed by atoms with Crippen LogP contribution in [-0.2, 0) is 4.79 Å². The third kappa shape index (κ3) is 5.44. The number of thiocarbonyl (C=S) groups is 1. The van der Waals surface area contributed by atoms with Gasteiger partial charge in [0.15, 0.2) is 5.11 Å². The highest BCUT2D eigenvalue weighted by molar-refractivity contribution is 7.80. The number of methoxy groups -OCH3 is 1. The Labute approximate surface area is 253 Å². The van der Waals surface area contributed by atoms with E-state index in [9.17, 15) is 4.79 Å². The van der Waals surface area contributed by atoms with E-state index in [0.717, 1.165) is 47.1 Å². The number of aromatic nitrogens is 2. The number of nitrogens with zero attached hydrogens (tertiary/aromatic N) is 4. The van der Waals surface area contributed by atoms with E-state index < -0.39 is 0 Å². The molecule has 9 heteroatoms. The largest absolute Gasteiger partial charge is 0.495 e. The van der Waals surface area contributed by atoms with Crippen LogP contribution in [0.4, 0.5) is 17.1 Å². The van der Waals surface area contributed by atoms with Crippen molar-refractivity contribution in [2.45, 2.75) is 46.7 Å². The summed E-state index contributed by atoms with van der Waals surface area (Å²) in [7, 11) is 1.59. The maximum absolute atomic E-state index is 12.0. The van der Waals surface area contributed by atoms with Crippen LogP contribution in [0, 0.1) is 13.8 Å². The molecule has 1 saturated heterocycles. The van der Waals surface area contributed by atoms with E-state index >= 15 is 0 Å². The molecule has 0 saturated carbocycles. The van der Waals surface area contributed by atoms with Crippen LogP contribution in [0.25, 0.3) is 5.69 Å². The first-order valence-electron chi connectivity index (χ1n) is 14.3. The Morgan fingerprint density at radius 1 is 1.05 bits per heavy atom. The van der Waals surface area contributed by atoms with Crippen molar-refractivity contribution < 1.29 is 9.53 Å². The summed E-state index contributed by atoms with van der Waals surface area (Å²) in [5, 5.41) is 7.03. The molecule has 0 unspecified atom stereocenters. The number of aryl methyl sites for hydroxylation is 1. The van der Waals surface area contributed by atoms with Crippen molar-refractivity contribution in [1.29, 1.82) is 0 Å². The van der Waals surface area contributed by atoms with Gasteiger partial charge < -0.3 is 29.7 Å². The highest BCUT2D eigenvalue weighted by atomic mass is 32.1. The molecule has 2 aromatic carbocycles.